The molecule has 2 N–H and O–H groups in total. The Labute approximate surface area is 102 Å². The van der Waals surface area contributed by atoms with Crippen molar-refractivity contribution in [2.24, 2.45) is 5.73 Å². The Morgan fingerprint density at radius 3 is 2.60 bits per heavy atom. The zero-order valence-corrected chi connectivity index (χ0v) is 10.2. The summed E-state index contributed by atoms with van der Waals surface area (Å²) in [4.78, 5) is 1.12. The van der Waals surface area contributed by atoms with E-state index in [0.717, 1.165) is 16.0 Å². The van der Waals surface area contributed by atoms with Crippen molar-refractivity contribution in [1.29, 1.82) is 0 Å². The zero-order chi connectivity index (χ0) is 10.8. The van der Waals surface area contributed by atoms with Gasteiger partial charge in [-0.25, -0.2) is 0 Å². The highest BCUT2D eigenvalue weighted by Gasteiger charge is 2.06. The van der Waals surface area contributed by atoms with E-state index in [9.17, 15) is 0 Å². The molecule has 0 bridgehead atoms. The Kier molecular flexibility index (Phi) is 3.32. The molecule has 0 saturated carbocycles. The van der Waals surface area contributed by atoms with Crippen LogP contribution in [0.1, 0.15) is 5.56 Å². The van der Waals surface area contributed by atoms with Crippen molar-refractivity contribution in [3.05, 3.63) is 45.3 Å². The maximum absolute atomic E-state index is 6.11. The summed E-state index contributed by atoms with van der Waals surface area (Å²) in [5.41, 5.74) is 7.69. The maximum Gasteiger partial charge on any atom is 0.0507 e. The zero-order valence-electron chi connectivity index (χ0n) is 7.84. The van der Waals surface area contributed by atoms with Crippen LogP contribution >= 0.6 is 34.5 Å². The average molecular weight is 258 g/mol. The van der Waals surface area contributed by atoms with Gasteiger partial charge in [0.25, 0.3) is 0 Å². The summed E-state index contributed by atoms with van der Waals surface area (Å²) < 4.78 is 0. The minimum atomic E-state index is 0.557. The van der Waals surface area contributed by atoms with Gasteiger partial charge in [-0.1, -0.05) is 29.3 Å². The molecule has 0 aliphatic heterocycles. The number of nitrogens with two attached hydrogens (primary N) is 1. The van der Waals surface area contributed by atoms with Gasteiger partial charge in [0.15, 0.2) is 0 Å². The summed E-state index contributed by atoms with van der Waals surface area (Å²) in [5, 5.41) is 3.37. The smallest absolute Gasteiger partial charge is 0.0507 e. The molecule has 0 unspecified atom stereocenters. The van der Waals surface area contributed by atoms with Crippen LogP contribution in [0.4, 0.5) is 0 Å². The van der Waals surface area contributed by atoms with Gasteiger partial charge in [0.05, 0.1) is 5.02 Å². The minimum Gasteiger partial charge on any atom is -0.326 e. The van der Waals surface area contributed by atoms with Gasteiger partial charge in [0, 0.05) is 22.0 Å². The highest BCUT2D eigenvalue weighted by atomic mass is 35.5. The molecule has 0 aliphatic carbocycles. The number of thiophene rings is 1. The van der Waals surface area contributed by atoms with E-state index in [1.54, 1.807) is 17.4 Å². The molecule has 0 atom stereocenters. The van der Waals surface area contributed by atoms with Crippen molar-refractivity contribution in [2.45, 2.75) is 6.54 Å². The normalized spacial score (nSPS) is 10.6. The quantitative estimate of drug-likeness (QED) is 0.859. The second kappa shape index (κ2) is 4.54. The van der Waals surface area contributed by atoms with Gasteiger partial charge in [-0.3, -0.25) is 0 Å². The largest absolute Gasteiger partial charge is 0.326 e. The summed E-state index contributed by atoms with van der Waals surface area (Å²) in [6.45, 7) is 0.557. The first-order valence-electron chi connectivity index (χ1n) is 4.43. The summed E-state index contributed by atoms with van der Waals surface area (Å²) >= 11 is 13.6. The Hall–Kier alpha value is -0.540. The van der Waals surface area contributed by atoms with Crippen LogP contribution in [0.25, 0.3) is 10.4 Å². The molecule has 1 aromatic heterocycles. The molecule has 0 spiro atoms. The number of hydrogen-bond acceptors (Lipinski definition) is 2. The van der Waals surface area contributed by atoms with Crippen LogP contribution in [0.15, 0.2) is 29.6 Å². The van der Waals surface area contributed by atoms with Crippen molar-refractivity contribution < 1.29 is 0 Å². The number of benzene rings is 1. The summed E-state index contributed by atoms with van der Waals surface area (Å²) in [6.07, 6.45) is 0. The lowest BCUT2D eigenvalue weighted by molar-refractivity contribution is 1.08. The van der Waals surface area contributed by atoms with Crippen LogP contribution in [-0.2, 0) is 6.54 Å². The number of halogens is 2. The second-order valence-electron chi connectivity index (χ2n) is 3.15. The standard InChI is InChI=1S/C11H9Cl2NS/c12-8-1-2-9(10(13)4-8)11-3-7(5-14)6-15-11/h1-4,6H,5,14H2. The van der Waals surface area contributed by atoms with Crippen molar-refractivity contribution in [1.82, 2.24) is 0 Å². The van der Waals surface area contributed by atoms with Gasteiger partial charge in [0.1, 0.15) is 0 Å². The van der Waals surface area contributed by atoms with Gasteiger partial charge in [-0.2, -0.15) is 0 Å². The Morgan fingerprint density at radius 2 is 2.00 bits per heavy atom. The average Bonchev–Trinajstić information content (AvgIpc) is 2.66. The fourth-order valence-corrected chi connectivity index (χ4v) is 2.85. The highest BCUT2D eigenvalue weighted by Crippen LogP contribution is 2.34. The fraction of sp³-hybridized carbons (Fsp3) is 0.0909. The third-order valence-corrected chi connectivity index (χ3v) is 3.65. The SMILES string of the molecule is NCc1csc(-c2ccc(Cl)cc2Cl)c1. The van der Waals surface area contributed by atoms with E-state index in [-0.39, 0.29) is 0 Å². The van der Waals surface area contributed by atoms with Crippen LogP contribution in [0.2, 0.25) is 10.0 Å². The van der Waals surface area contributed by atoms with Gasteiger partial charge in [0.2, 0.25) is 0 Å². The molecule has 2 rings (SSSR count). The van der Waals surface area contributed by atoms with Crippen molar-refractivity contribution in [3.8, 4) is 10.4 Å². The molecule has 0 fully saturated rings. The Morgan fingerprint density at radius 1 is 1.20 bits per heavy atom. The lowest BCUT2D eigenvalue weighted by Gasteiger charge is -2.01. The van der Waals surface area contributed by atoms with Gasteiger partial charge < -0.3 is 5.73 Å². The van der Waals surface area contributed by atoms with Crippen LogP contribution < -0.4 is 5.73 Å². The van der Waals surface area contributed by atoms with Crippen LogP contribution in [-0.4, -0.2) is 0 Å². The lowest BCUT2D eigenvalue weighted by Crippen LogP contribution is -1.92. The molecule has 4 heteroatoms. The second-order valence-corrected chi connectivity index (χ2v) is 4.90. The van der Waals surface area contributed by atoms with Crippen molar-refractivity contribution >= 4 is 34.5 Å². The van der Waals surface area contributed by atoms with Crippen LogP contribution in [0, 0.1) is 0 Å². The van der Waals surface area contributed by atoms with E-state index < -0.39 is 0 Å². The van der Waals surface area contributed by atoms with E-state index in [1.165, 1.54) is 0 Å². The first kappa shape index (κ1) is 11.0. The molecule has 0 saturated heterocycles. The van der Waals surface area contributed by atoms with E-state index >= 15 is 0 Å². The predicted octanol–water partition coefficient (Wildman–Crippen LogP) is 4.18. The maximum atomic E-state index is 6.11. The monoisotopic (exact) mass is 257 g/mol. The molecule has 2 aromatic rings. The van der Waals surface area contributed by atoms with Crippen molar-refractivity contribution in [3.63, 3.8) is 0 Å². The Bertz CT molecular complexity index is 479. The molecule has 1 heterocycles. The molecule has 78 valence electrons. The third-order valence-electron chi connectivity index (χ3n) is 2.09. The molecule has 1 aromatic carbocycles. The van der Waals surface area contributed by atoms with E-state index in [4.69, 9.17) is 28.9 Å². The predicted molar refractivity (Wildman–Crippen MR) is 67.7 cm³/mol. The molecule has 0 radical (unpaired) electrons. The van der Waals surface area contributed by atoms with E-state index in [2.05, 4.69) is 6.07 Å². The molecule has 15 heavy (non-hydrogen) atoms. The molecule has 0 amide bonds. The topological polar surface area (TPSA) is 26.0 Å². The first-order valence-corrected chi connectivity index (χ1v) is 6.07. The lowest BCUT2D eigenvalue weighted by atomic mass is 10.1. The highest BCUT2D eigenvalue weighted by molar-refractivity contribution is 7.13. The summed E-state index contributed by atoms with van der Waals surface area (Å²) in [6, 6.07) is 7.57. The number of hydrogen-bond donors (Lipinski definition) is 1. The molecular formula is C11H9Cl2NS. The van der Waals surface area contributed by atoms with Crippen LogP contribution in [0.5, 0.6) is 0 Å². The van der Waals surface area contributed by atoms with Gasteiger partial charge >= 0.3 is 0 Å². The fourth-order valence-electron chi connectivity index (χ4n) is 1.31. The minimum absolute atomic E-state index is 0.557. The van der Waals surface area contributed by atoms with Crippen molar-refractivity contribution in [2.75, 3.05) is 0 Å². The summed E-state index contributed by atoms with van der Waals surface area (Å²) in [7, 11) is 0. The Balaban J connectivity index is 2.44. The molecular weight excluding hydrogens is 249 g/mol. The molecule has 0 aliphatic rings. The molecule has 1 nitrogen and oxygen atoms in total. The van der Waals surface area contributed by atoms with E-state index in [1.807, 2.05) is 17.5 Å². The number of rotatable bonds is 2. The van der Waals surface area contributed by atoms with Gasteiger partial charge in [-0.15, -0.1) is 11.3 Å². The summed E-state index contributed by atoms with van der Waals surface area (Å²) in [5.74, 6) is 0. The van der Waals surface area contributed by atoms with E-state index in [0.29, 0.717) is 16.6 Å². The first-order chi connectivity index (χ1) is 7.20. The third kappa shape index (κ3) is 2.34. The van der Waals surface area contributed by atoms with Gasteiger partial charge in [-0.05, 0) is 29.1 Å². The van der Waals surface area contributed by atoms with Crippen LogP contribution in [0.3, 0.4) is 0 Å².